The number of aromatic nitrogens is 4. The van der Waals surface area contributed by atoms with Crippen LogP contribution in [0.5, 0.6) is 0 Å². The van der Waals surface area contributed by atoms with Gasteiger partial charge in [-0.15, -0.1) is 0 Å². The fraction of sp³-hybridized carbons (Fsp3) is 0.386. The minimum atomic E-state index is -4.15. The Hall–Kier alpha value is -6.34. The van der Waals surface area contributed by atoms with E-state index in [1.807, 2.05) is 17.0 Å². The van der Waals surface area contributed by atoms with Crippen molar-refractivity contribution in [3.8, 4) is 11.1 Å². The van der Waals surface area contributed by atoms with Gasteiger partial charge in [0.25, 0.3) is 0 Å². The number of carbonyl (C=O) groups excluding carboxylic acids is 4. The van der Waals surface area contributed by atoms with Crippen LogP contribution in [0.4, 0.5) is 26.1 Å². The second kappa shape index (κ2) is 16.4. The highest BCUT2D eigenvalue weighted by Crippen LogP contribution is 2.53. The average molecular weight is 881 g/mol. The van der Waals surface area contributed by atoms with Crippen molar-refractivity contribution < 1.29 is 36.4 Å². The SMILES string of the molecule is CCN(C)S(=O)(=O)Nc1ccc(F)c(C(=O)c2c[nH]c3ncc(-c4cnc(N5CC6(CC(C(=O)N7CCC(c8ccc(NC9CCC(=O)NC9=O)cc8)CC7)C6)C5)nc4)cc23)c1F. The van der Waals surface area contributed by atoms with Gasteiger partial charge in [0.15, 0.2) is 5.82 Å². The monoisotopic (exact) mass is 880 g/mol. The number of likely N-dealkylation sites (tertiary alicyclic amines) is 1. The number of imide groups is 1. The second-order valence-electron chi connectivity index (χ2n) is 17.1. The lowest BCUT2D eigenvalue weighted by Gasteiger charge is -2.59. The molecule has 5 aromatic rings. The summed E-state index contributed by atoms with van der Waals surface area (Å²) in [6.45, 7) is 4.63. The van der Waals surface area contributed by atoms with Crippen molar-refractivity contribution in [1.82, 2.24) is 34.5 Å². The van der Waals surface area contributed by atoms with Crippen molar-refractivity contribution in [1.29, 1.82) is 0 Å². The van der Waals surface area contributed by atoms with Crippen LogP contribution in [0.1, 0.15) is 72.9 Å². The number of nitrogens with one attached hydrogen (secondary N) is 4. The zero-order valence-corrected chi connectivity index (χ0v) is 35.5. The molecule has 16 nitrogen and oxygen atoms in total. The van der Waals surface area contributed by atoms with Gasteiger partial charge in [-0.3, -0.25) is 29.2 Å². The normalized spacial score (nSPS) is 19.2. The van der Waals surface area contributed by atoms with Crippen LogP contribution in [-0.2, 0) is 24.6 Å². The Morgan fingerprint density at radius 2 is 1.65 bits per heavy atom. The maximum Gasteiger partial charge on any atom is 0.301 e. The third kappa shape index (κ3) is 8.10. The van der Waals surface area contributed by atoms with Gasteiger partial charge in [-0.25, -0.2) is 23.7 Å². The summed E-state index contributed by atoms with van der Waals surface area (Å²) in [5.74, 6) is -2.88. The summed E-state index contributed by atoms with van der Waals surface area (Å²) in [6.07, 6.45) is 10.4. The number of anilines is 3. The van der Waals surface area contributed by atoms with Gasteiger partial charge in [-0.2, -0.15) is 12.7 Å². The average Bonchev–Trinajstić information content (AvgIpc) is 3.68. The Kier molecular flexibility index (Phi) is 10.9. The molecule has 6 heterocycles. The van der Waals surface area contributed by atoms with Gasteiger partial charge in [0.1, 0.15) is 17.5 Å². The zero-order chi connectivity index (χ0) is 44.2. The van der Waals surface area contributed by atoms with E-state index in [0.29, 0.717) is 60.0 Å². The molecule has 3 amide bonds. The molecule has 4 fully saturated rings. The molecule has 4 aliphatic rings. The predicted octanol–water partition coefficient (Wildman–Crippen LogP) is 4.98. The topological polar surface area (TPSA) is 203 Å². The van der Waals surface area contributed by atoms with E-state index < -0.39 is 44.9 Å². The van der Waals surface area contributed by atoms with Crippen molar-refractivity contribution in [2.75, 3.05) is 54.7 Å². The van der Waals surface area contributed by atoms with Crippen LogP contribution in [0.15, 0.2) is 67.3 Å². The van der Waals surface area contributed by atoms with Gasteiger partial charge in [-0.1, -0.05) is 19.1 Å². The Labute approximate surface area is 362 Å². The van der Waals surface area contributed by atoms with E-state index in [0.717, 1.165) is 60.9 Å². The molecule has 0 radical (unpaired) electrons. The van der Waals surface area contributed by atoms with Gasteiger partial charge < -0.3 is 20.1 Å². The minimum absolute atomic E-state index is 0.00908. The first-order valence-corrected chi connectivity index (χ1v) is 22.4. The fourth-order valence-electron chi connectivity index (χ4n) is 9.24. The first-order chi connectivity index (χ1) is 30.2. The molecule has 1 saturated carbocycles. The molecule has 9 rings (SSSR count). The van der Waals surface area contributed by atoms with Crippen LogP contribution >= 0.6 is 0 Å². The number of hydrogen-bond acceptors (Lipinski definition) is 11. The number of carbonyl (C=O) groups is 4. The molecule has 3 aromatic heterocycles. The van der Waals surface area contributed by atoms with Gasteiger partial charge in [-0.05, 0) is 73.9 Å². The first kappa shape index (κ1) is 42.0. The summed E-state index contributed by atoms with van der Waals surface area (Å²) < 4.78 is 58.7. The van der Waals surface area contributed by atoms with Crippen LogP contribution < -0.4 is 20.3 Å². The highest BCUT2D eigenvalue weighted by atomic mass is 32.2. The van der Waals surface area contributed by atoms with E-state index in [2.05, 4.69) is 52.3 Å². The van der Waals surface area contributed by atoms with Crippen LogP contribution in [0.25, 0.3) is 22.2 Å². The summed E-state index contributed by atoms with van der Waals surface area (Å²) in [7, 11) is -2.85. The summed E-state index contributed by atoms with van der Waals surface area (Å²) in [6, 6.07) is 11.1. The molecule has 4 N–H and O–H groups in total. The molecule has 1 spiro atoms. The lowest BCUT2D eigenvalue weighted by Crippen LogP contribution is -2.65. The highest BCUT2D eigenvalue weighted by molar-refractivity contribution is 7.90. The first-order valence-electron chi connectivity index (χ1n) is 21.0. The molecule has 3 saturated heterocycles. The Morgan fingerprint density at radius 1 is 0.952 bits per heavy atom. The third-order valence-electron chi connectivity index (χ3n) is 13.0. The van der Waals surface area contributed by atoms with Crippen molar-refractivity contribution in [2.45, 2.75) is 57.4 Å². The maximum absolute atomic E-state index is 15.6. The largest absolute Gasteiger partial charge is 0.374 e. The van der Waals surface area contributed by atoms with E-state index >= 15 is 8.78 Å². The van der Waals surface area contributed by atoms with Gasteiger partial charge in [0.05, 0.1) is 11.3 Å². The molecule has 1 aliphatic carbocycles. The van der Waals surface area contributed by atoms with Crippen LogP contribution in [-0.4, -0.2) is 107 Å². The van der Waals surface area contributed by atoms with Crippen LogP contribution in [0, 0.1) is 23.0 Å². The Morgan fingerprint density at radius 3 is 2.33 bits per heavy atom. The van der Waals surface area contributed by atoms with E-state index in [1.54, 1.807) is 31.6 Å². The molecule has 19 heteroatoms. The highest BCUT2D eigenvalue weighted by Gasteiger charge is 2.55. The molecule has 1 unspecified atom stereocenters. The lowest BCUT2D eigenvalue weighted by atomic mass is 9.57. The number of pyridine rings is 1. The molecular weight excluding hydrogens is 835 g/mol. The lowest BCUT2D eigenvalue weighted by molar-refractivity contribution is -0.146. The number of amides is 3. The number of rotatable bonds is 12. The number of fused-ring (bicyclic) bond motifs is 1. The molecular formula is C44H46F2N10O6S. The number of hydrogen-bond donors (Lipinski definition) is 4. The number of nitrogens with zero attached hydrogens (tertiary/aromatic N) is 6. The predicted molar refractivity (Wildman–Crippen MR) is 230 cm³/mol. The number of aromatic amines is 1. The molecule has 2 aromatic carbocycles. The summed E-state index contributed by atoms with van der Waals surface area (Å²) in [5.41, 5.74) is 2.05. The summed E-state index contributed by atoms with van der Waals surface area (Å²) in [4.78, 5) is 71.3. The zero-order valence-electron chi connectivity index (χ0n) is 34.7. The summed E-state index contributed by atoms with van der Waals surface area (Å²) in [5, 5.41) is 5.89. The van der Waals surface area contributed by atoms with E-state index in [1.165, 1.54) is 18.8 Å². The Bertz CT molecular complexity index is 2730. The number of H-pyrrole nitrogens is 1. The second-order valence-corrected chi connectivity index (χ2v) is 18.8. The summed E-state index contributed by atoms with van der Waals surface area (Å²) >= 11 is 0. The molecule has 0 bridgehead atoms. The molecule has 3 aliphatic heterocycles. The molecule has 63 heavy (non-hydrogen) atoms. The molecule has 1 atom stereocenters. The third-order valence-corrected chi connectivity index (χ3v) is 14.5. The van der Waals surface area contributed by atoms with E-state index in [-0.39, 0.29) is 41.2 Å². The quantitative estimate of drug-likeness (QED) is 0.0973. The van der Waals surface area contributed by atoms with Gasteiger partial charge >= 0.3 is 10.2 Å². The minimum Gasteiger partial charge on any atom is -0.374 e. The number of piperidine rings is 2. The number of ketones is 1. The number of halogens is 2. The van der Waals surface area contributed by atoms with Gasteiger partial charge in [0.2, 0.25) is 29.5 Å². The maximum atomic E-state index is 15.6. The van der Waals surface area contributed by atoms with Crippen LogP contribution in [0.3, 0.4) is 0 Å². The van der Waals surface area contributed by atoms with Crippen LogP contribution in [0.2, 0.25) is 0 Å². The van der Waals surface area contributed by atoms with Crippen molar-refractivity contribution in [3.05, 3.63) is 95.6 Å². The standard InChI is InChI=1S/C44H46F2N10O6S/c1-3-54(2)63(61,62)53-34-9-8-33(45)37(38(34)46)39(58)32-22-48-40-31(32)16-27(19-47-40)29-20-49-43(50-21-29)56-23-44(24-56)17-28(18-44)42(60)55-14-12-26(13-15-55)25-4-6-30(7-5-25)51-35-10-11-36(57)52-41(35)59/h4-9,16,19-22,26,28,35,51,53H,3,10-15,17-18,23-24H2,1-2H3,(H,47,48)(H,52,57,59). The van der Waals surface area contributed by atoms with E-state index in [9.17, 15) is 27.6 Å². The smallest absolute Gasteiger partial charge is 0.301 e. The Balaban J connectivity index is 0.773. The van der Waals surface area contributed by atoms with Crippen molar-refractivity contribution in [3.63, 3.8) is 0 Å². The van der Waals surface area contributed by atoms with Crippen molar-refractivity contribution in [2.24, 2.45) is 11.3 Å². The molecule has 328 valence electrons. The van der Waals surface area contributed by atoms with Crippen molar-refractivity contribution >= 4 is 62.1 Å². The van der Waals surface area contributed by atoms with E-state index in [4.69, 9.17) is 0 Å². The number of benzene rings is 2. The fourth-order valence-corrected chi connectivity index (χ4v) is 10.2. The van der Waals surface area contributed by atoms with Gasteiger partial charge in [0, 0.05) is 110 Å².